The average Bonchev–Trinajstić information content (AvgIpc) is 2.39. The Bertz CT molecular complexity index is 442. The van der Waals surface area contributed by atoms with Gasteiger partial charge in [-0.2, -0.15) is 0 Å². The molecule has 1 aromatic carbocycles. The summed E-state index contributed by atoms with van der Waals surface area (Å²) in [5.41, 5.74) is 7.55. The number of anilines is 2. The van der Waals surface area contributed by atoms with Crippen LogP contribution in [-0.4, -0.2) is 25.0 Å². The van der Waals surface area contributed by atoms with Crippen molar-refractivity contribution >= 4 is 29.7 Å². The number of nitrogens with one attached hydrogen (secondary N) is 1. The molecule has 112 valence electrons. The van der Waals surface area contributed by atoms with Crippen molar-refractivity contribution in [3.8, 4) is 0 Å². The molecule has 1 heterocycles. The van der Waals surface area contributed by atoms with Crippen molar-refractivity contribution in [3.05, 3.63) is 24.3 Å². The van der Waals surface area contributed by atoms with Crippen LogP contribution in [0.25, 0.3) is 0 Å². The Morgan fingerprint density at radius 1 is 1.40 bits per heavy atom. The van der Waals surface area contributed by atoms with Crippen LogP contribution in [0.5, 0.6) is 0 Å². The molecule has 20 heavy (non-hydrogen) atoms. The van der Waals surface area contributed by atoms with Gasteiger partial charge in [0.1, 0.15) is 0 Å². The van der Waals surface area contributed by atoms with E-state index in [0.717, 1.165) is 24.7 Å². The van der Waals surface area contributed by atoms with Gasteiger partial charge in [-0.3, -0.25) is 4.79 Å². The molecule has 1 aromatic rings. The van der Waals surface area contributed by atoms with Gasteiger partial charge in [-0.25, -0.2) is 0 Å². The van der Waals surface area contributed by atoms with E-state index in [4.69, 9.17) is 5.73 Å². The van der Waals surface area contributed by atoms with Crippen LogP contribution < -0.4 is 16.0 Å². The molecule has 1 amide bonds. The van der Waals surface area contributed by atoms with Gasteiger partial charge < -0.3 is 16.0 Å². The van der Waals surface area contributed by atoms with Crippen molar-refractivity contribution in [2.45, 2.75) is 32.7 Å². The molecule has 1 saturated heterocycles. The first-order valence-corrected chi connectivity index (χ1v) is 6.97. The number of amides is 1. The number of halogens is 1. The minimum Gasteiger partial charge on any atom is -0.371 e. The van der Waals surface area contributed by atoms with Crippen LogP contribution in [0.2, 0.25) is 0 Å². The predicted molar refractivity (Wildman–Crippen MR) is 86.6 cm³/mol. The van der Waals surface area contributed by atoms with E-state index in [-0.39, 0.29) is 18.3 Å². The second-order valence-electron chi connectivity index (χ2n) is 5.50. The van der Waals surface area contributed by atoms with Crippen molar-refractivity contribution in [3.63, 3.8) is 0 Å². The SMILES string of the molecule is CC1CCN(c2cccc(NC(=O)C(C)N)c2)CC1.Cl. The highest BCUT2D eigenvalue weighted by atomic mass is 35.5. The molecule has 1 aliphatic heterocycles. The topological polar surface area (TPSA) is 58.4 Å². The molecule has 1 aliphatic rings. The van der Waals surface area contributed by atoms with Crippen LogP contribution in [0.4, 0.5) is 11.4 Å². The number of benzene rings is 1. The standard InChI is InChI=1S/C15H23N3O.ClH/c1-11-6-8-18(9-7-11)14-5-3-4-13(10-14)17-15(19)12(2)16;/h3-5,10-12H,6-9,16H2,1-2H3,(H,17,19);1H. The molecule has 5 heteroatoms. The lowest BCUT2D eigenvalue weighted by Gasteiger charge is -2.32. The third-order valence-electron chi connectivity index (χ3n) is 3.68. The van der Waals surface area contributed by atoms with Gasteiger partial charge in [-0.1, -0.05) is 13.0 Å². The first kappa shape index (κ1) is 16.8. The molecule has 1 unspecified atom stereocenters. The molecular weight excluding hydrogens is 274 g/mol. The van der Waals surface area contributed by atoms with Gasteiger partial charge in [0.15, 0.2) is 0 Å². The molecule has 0 aliphatic carbocycles. The van der Waals surface area contributed by atoms with Crippen LogP contribution in [-0.2, 0) is 4.79 Å². The van der Waals surface area contributed by atoms with Crippen LogP contribution in [0.15, 0.2) is 24.3 Å². The van der Waals surface area contributed by atoms with Gasteiger partial charge in [0.2, 0.25) is 5.91 Å². The van der Waals surface area contributed by atoms with Crippen molar-refractivity contribution in [1.82, 2.24) is 0 Å². The molecule has 1 atom stereocenters. The zero-order chi connectivity index (χ0) is 13.8. The Labute approximate surface area is 127 Å². The number of carbonyl (C=O) groups is 1. The fourth-order valence-electron chi connectivity index (χ4n) is 2.30. The quantitative estimate of drug-likeness (QED) is 0.902. The maximum absolute atomic E-state index is 11.6. The summed E-state index contributed by atoms with van der Waals surface area (Å²) in [5, 5.41) is 2.84. The van der Waals surface area contributed by atoms with E-state index < -0.39 is 6.04 Å². The molecule has 0 spiro atoms. The maximum Gasteiger partial charge on any atom is 0.240 e. The second-order valence-corrected chi connectivity index (χ2v) is 5.50. The number of piperidine rings is 1. The molecule has 0 radical (unpaired) electrons. The molecular formula is C15H24ClN3O. The normalized spacial score (nSPS) is 17.2. The second kappa shape index (κ2) is 7.50. The van der Waals surface area contributed by atoms with Crippen molar-refractivity contribution in [2.75, 3.05) is 23.3 Å². The fraction of sp³-hybridized carbons (Fsp3) is 0.533. The summed E-state index contributed by atoms with van der Waals surface area (Å²) in [6, 6.07) is 7.51. The van der Waals surface area contributed by atoms with Crippen LogP contribution >= 0.6 is 12.4 Å². The number of hydrogen-bond acceptors (Lipinski definition) is 3. The van der Waals surface area contributed by atoms with Crippen molar-refractivity contribution in [1.29, 1.82) is 0 Å². The Kier molecular flexibility index (Phi) is 6.30. The van der Waals surface area contributed by atoms with E-state index in [1.54, 1.807) is 6.92 Å². The molecule has 0 aromatic heterocycles. The molecule has 2 rings (SSSR count). The highest BCUT2D eigenvalue weighted by Gasteiger charge is 2.16. The van der Waals surface area contributed by atoms with Crippen molar-refractivity contribution in [2.24, 2.45) is 11.7 Å². The summed E-state index contributed by atoms with van der Waals surface area (Å²) in [7, 11) is 0. The summed E-state index contributed by atoms with van der Waals surface area (Å²) in [5.74, 6) is 0.668. The lowest BCUT2D eigenvalue weighted by molar-refractivity contribution is -0.117. The maximum atomic E-state index is 11.6. The lowest BCUT2D eigenvalue weighted by Crippen LogP contribution is -2.33. The molecule has 1 fully saturated rings. The van der Waals surface area contributed by atoms with Gasteiger partial charge in [0.25, 0.3) is 0 Å². The Balaban J connectivity index is 0.00000200. The van der Waals surface area contributed by atoms with E-state index in [9.17, 15) is 4.79 Å². The van der Waals surface area contributed by atoms with Gasteiger partial charge in [-0.05, 0) is 43.9 Å². The molecule has 0 saturated carbocycles. The molecule has 3 N–H and O–H groups in total. The van der Waals surface area contributed by atoms with E-state index in [2.05, 4.69) is 23.2 Å². The third kappa shape index (κ3) is 4.39. The molecule has 0 bridgehead atoms. The predicted octanol–water partition coefficient (Wildman–Crippen LogP) is 2.63. The Morgan fingerprint density at radius 2 is 2.05 bits per heavy atom. The minimum absolute atomic E-state index is 0. The average molecular weight is 298 g/mol. The van der Waals surface area contributed by atoms with Gasteiger partial charge in [0, 0.05) is 24.5 Å². The number of hydrogen-bond donors (Lipinski definition) is 2. The number of rotatable bonds is 3. The van der Waals surface area contributed by atoms with E-state index in [1.807, 2.05) is 18.2 Å². The largest absolute Gasteiger partial charge is 0.371 e. The van der Waals surface area contributed by atoms with Gasteiger partial charge in [-0.15, -0.1) is 12.4 Å². The van der Waals surface area contributed by atoms with Crippen LogP contribution in [0.3, 0.4) is 0 Å². The monoisotopic (exact) mass is 297 g/mol. The third-order valence-corrected chi connectivity index (χ3v) is 3.68. The number of nitrogens with zero attached hydrogens (tertiary/aromatic N) is 1. The highest BCUT2D eigenvalue weighted by molar-refractivity contribution is 5.94. The Hall–Kier alpha value is -1.26. The zero-order valence-electron chi connectivity index (χ0n) is 12.1. The number of carbonyl (C=O) groups excluding carboxylic acids is 1. The van der Waals surface area contributed by atoms with Gasteiger partial charge in [0.05, 0.1) is 6.04 Å². The summed E-state index contributed by atoms with van der Waals surface area (Å²) >= 11 is 0. The lowest BCUT2D eigenvalue weighted by atomic mass is 9.99. The summed E-state index contributed by atoms with van der Waals surface area (Å²) in [6.45, 7) is 6.17. The molecule has 4 nitrogen and oxygen atoms in total. The summed E-state index contributed by atoms with van der Waals surface area (Å²) in [6.07, 6.45) is 2.47. The highest BCUT2D eigenvalue weighted by Crippen LogP contribution is 2.25. The van der Waals surface area contributed by atoms with E-state index in [1.165, 1.54) is 18.5 Å². The van der Waals surface area contributed by atoms with Crippen molar-refractivity contribution < 1.29 is 4.79 Å². The van der Waals surface area contributed by atoms with E-state index in [0.29, 0.717) is 0 Å². The first-order valence-electron chi connectivity index (χ1n) is 6.97. The Morgan fingerprint density at radius 3 is 2.65 bits per heavy atom. The summed E-state index contributed by atoms with van der Waals surface area (Å²) < 4.78 is 0. The van der Waals surface area contributed by atoms with E-state index >= 15 is 0 Å². The first-order chi connectivity index (χ1) is 9.06. The summed E-state index contributed by atoms with van der Waals surface area (Å²) in [4.78, 5) is 14.0. The van der Waals surface area contributed by atoms with Gasteiger partial charge >= 0.3 is 0 Å². The fourth-order valence-corrected chi connectivity index (χ4v) is 2.30. The van der Waals surface area contributed by atoms with Crippen LogP contribution in [0.1, 0.15) is 26.7 Å². The number of nitrogens with two attached hydrogens (primary N) is 1. The smallest absolute Gasteiger partial charge is 0.240 e. The zero-order valence-corrected chi connectivity index (χ0v) is 13.0. The van der Waals surface area contributed by atoms with Crippen LogP contribution in [0, 0.1) is 5.92 Å². The minimum atomic E-state index is -0.487.